The number of carboxylic acids is 2. The zero-order chi connectivity index (χ0) is 29.5. The van der Waals surface area contributed by atoms with Crippen LogP contribution in [0, 0.1) is 0 Å². The van der Waals surface area contributed by atoms with Crippen molar-refractivity contribution in [1.82, 2.24) is 8.61 Å². The summed E-state index contributed by atoms with van der Waals surface area (Å²) in [5, 5.41) is 18.8. The number of sulfonamides is 2. The van der Waals surface area contributed by atoms with Gasteiger partial charge in [0.2, 0.25) is 20.0 Å². The fraction of sp³-hybridized carbons (Fsp3) is 0.231. The average Bonchev–Trinajstić information content (AvgIpc) is 2.92. The highest BCUT2D eigenvalue weighted by Crippen LogP contribution is 2.24. The Hall–Kier alpha value is -3.98. The smallest absolute Gasteiger partial charge is 0.318 e. The van der Waals surface area contributed by atoms with E-state index >= 15 is 0 Å². The van der Waals surface area contributed by atoms with Crippen LogP contribution < -0.4 is 9.47 Å². The van der Waals surface area contributed by atoms with E-state index in [-0.39, 0.29) is 22.9 Å². The van der Waals surface area contributed by atoms with E-state index in [0.29, 0.717) is 22.6 Å². The second-order valence-corrected chi connectivity index (χ2v) is 12.4. The van der Waals surface area contributed by atoms with Gasteiger partial charge in [-0.25, -0.2) is 16.8 Å². The van der Waals surface area contributed by atoms with Gasteiger partial charge in [-0.2, -0.15) is 8.61 Å². The summed E-state index contributed by atoms with van der Waals surface area (Å²) in [7, 11) is -5.62. The van der Waals surface area contributed by atoms with E-state index in [1.165, 1.54) is 68.8 Å². The van der Waals surface area contributed by atoms with Crippen LogP contribution in [-0.2, 0) is 42.7 Å². The lowest BCUT2D eigenvalue weighted by Gasteiger charge is -2.22. The normalized spacial score (nSPS) is 11.9. The fourth-order valence-electron chi connectivity index (χ4n) is 3.78. The number of carboxylic acid groups (broad SMARTS) is 2. The van der Waals surface area contributed by atoms with Crippen molar-refractivity contribution in [3.05, 3.63) is 83.9 Å². The summed E-state index contributed by atoms with van der Waals surface area (Å²) >= 11 is 0. The molecule has 0 heterocycles. The van der Waals surface area contributed by atoms with Gasteiger partial charge in [0.15, 0.2) is 0 Å². The number of benzene rings is 3. The Morgan fingerprint density at radius 1 is 0.650 bits per heavy atom. The lowest BCUT2D eigenvalue weighted by Crippen LogP contribution is -2.36. The van der Waals surface area contributed by atoms with Crippen molar-refractivity contribution in [3.63, 3.8) is 0 Å². The van der Waals surface area contributed by atoms with Crippen LogP contribution >= 0.6 is 0 Å². The molecule has 0 spiro atoms. The molecular formula is C26H28N2O10S2. The molecule has 0 unspecified atom stereocenters. The minimum Gasteiger partial charge on any atom is -0.497 e. The number of nitrogens with zero attached hydrogens (tertiary/aromatic N) is 2. The van der Waals surface area contributed by atoms with Crippen LogP contribution in [0.25, 0.3) is 0 Å². The largest absolute Gasteiger partial charge is 0.497 e. The third kappa shape index (κ3) is 7.57. The highest BCUT2D eigenvalue weighted by Gasteiger charge is 2.29. The quantitative estimate of drug-likeness (QED) is 0.283. The highest BCUT2D eigenvalue weighted by atomic mass is 32.2. The van der Waals surface area contributed by atoms with Gasteiger partial charge in [-0.3, -0.25) is 9.59 Å². The summed E-state index contributed by atoms with van der Waals surface area (Å²) in [6.45, 7) is -2.32. The molecule has 0 aromatic heterocycles. The molecule has 3 aromatic carbocycles. The first kappa shape index (κ1) is 30.6. The van der Waals surface area contributed by atoms with Gasteiger partial charge in [0.25, 0.3) is 0 Å². The first-order valence-corrected chi connectivity index (χ1v) is 14.5. The number of ether oxygens (including phenoxy) is 2. The molecule has 0 radical (unpaired) electrons. The Bertz CT molecular complexity index is 1440. The number of methoxy groups -OCH3 is 2. The monoisotopic (exact) mass is 592 g/mol. The molecule has 12 nitrogen and oxygen atoms in total. The Balaban J connectivity index is 1.91. The molecule has 0 aliphatic heterocycles. The van der Waals surface area contributed by atoms with E-state index in [0.717, 1.165) is 8.61 Å². The summed E-state index contributed by atoms with van der Waals surface area (Å²) in [5.41, 5.74) is 0.737. The number of carbonyl (C=O) groups is 2. The Morgan fingerprint density at radius 3 is 1.30 bits per heavy atom. The Kier molecular flexibility index (Phi) is 9.87. The van der Waals surface area contributed by atoms with Crippen LogP contribution in [-0.4, -0.2) is 74.9 Å². The van der Waals surface area contributed by atoms with E-state index in [1.807, 2.05) is 0 Å². The second-order valence-electron chi connectivity index (χ2n) is 8.50. The molecule has 0 aliphatic rings. The Labute approximate surface area is 232 Å². The van der Waals surface area contributed by atoms with Gasteiger partial charge in [0.1, 0.15) is 24.6 Å². The molecule has 40 heavy (non-hydrogen) atoms. The van der Waals surface area contributed by atoms with Crippen molar-refractivity contribution in [1.29, 1.82) is 0 Å². The van der Waals surface area contributed by atoms with Gasteiger partial charge in [-0.1, -0.05) is 24.3 Å². The maximum atomic E-state index is 13.2. The van der Waals surface area contributed by atoms with Crippen molar-refractivity contribution >= 4 is 32.0 Å². The predicted molar refractivity (Wildman–Crippen MR) is 143 cm³/mol. The molecule has 0 atom stereocenters. The zero-order valence-corrected chi connectivity index (χ0v) is 23.3. The maximum Gasteiger partial charge on any atom is 0.318 e. The molecule has 0 bridgehead atoms. The standard InChI is InChI=1S/C26H28N2O10S2/c1-37-21-6-10-23(11-7-21)39(33,34)27(17-25(29)30)15-19-4-3-5-20(14-19)16-28(18-26(31)32)40(35,36)24-12-8-22(38-2)9-13-24/h3-14H,15-18H2,1-2H3,(H,29,30)(H,31,32). The van der Waals surface area contributed by atoms with Crippen LogP contribution in [0.1, 0.15) is 11.1 Å². The number of aliphatic carboxylic acids is 2. The molecule has 0 saturated carbocycles. The minimum absolute atomic E-state index is 0.135. The molecule has 0 amide bonds. The topological polar surface area (TPSA) is 168 Å². The first-order chi connectivity index (χ1) is 18.9. The fourth-order valence-corrected chi connectivity index (χ4v) is 6.54. The van der Waals surface area contributed by atoms with Crippen LogP contribution in [0.2, 0.25) is 0 Å². The lowest BCUT2D eigenvalue weighted by molar-refractivity contribution is -0.138. The minimum atomic E-state index is -4.23. The molecule has 0 saturated heterocycles. The van der Waals surface area contributed by atoms with Crippen molar-refractivity contribution in [3.8, 4) is 11.5 Å². The van der Waals surface area contributed by atoms with Gasteiger partial charge in [-0.05, 0) is 59.7 Å². The van der Waals surface area contributed by atoms with Crippen LogP contribution in [0.4, 0.5) is 0 Å². The highest BCUT2D eigenvalue weighted by molar-refractivity contribution is 7.89. The molecule has 0 aliphatic carbocycles. The SMILES string of the molecule is COc1ccc(S(=O)(=O)N(CC(=O)O)Cc2cccc(CN(CC(=O)O)S(=O)(=O)c3ccc(OC)cc3)c2)cc1. The molecular weight excluding hydrogens is 564 g/mol. The third-order valence-corrected chi connectivity index (χ3v) is 9.34. The van der Waals surface area contributed by atoms with Crippen molar-refractivity contribution in [2.75, 3.05) is 27.3 Å². The number of hydrogen-bond acceptors (Lipinski definition) is 8. The summed E-state index contributed by atoms with van der Waals surface area (Å²) < 4.78 is 64.6. The van der Waals surface area contributed by atoms with Gasteiger partial charge in [0, 0.05) is 13.1 Å². The average molecular weight is 593 g/mol. The molecule has 3 aromatic rings. The molecule has 0 fully saturated rings. The van der Waals surface area contributed by atoms with Crippen molar-refractivity contribution in [2.24, 2.45) is 0 Å². The molecule has 14 heteroatoms. The Morgan fingerprint density at radius 2 is 1.00 bits per heavy atom. The lowest BCUT2D eigenvalue weighted by atomic mass is 10.1. The van der Waals surface area contributed by atoms with Gasteiger partial charge >= 0.3 is 11.9 Å². The molecule has 3 rings (SSSR count). The van der Waals surface area contributed by atoms with Gasteiger partial charge in [0.05, 0.1) is 24.0 Å². The maximum absolute atomic E-state index is 13.2. The van der Waals surface area contributed by atoms with Crippen molar-refractivity contribution in [2.45, 2.75) is 22.9 Å². The zero-order valence-electron chi connectivity index (χ0n) is 21.6. The van der Waals surface area contributed by atoms with Gasteiger partial charge in [-0.15, -0.1) is 0 Å². The third-order valence-electron chi connectivity index (χ3n) is 5.73. The predicted octanol–water partition coefficient (Wildman–Crippen LogP) is 2.25. The number of hydrogen-bond donors (Lipinski definition) is 2. The van der Waals surface area contributed by atoms with E-state index in [2.05, 4.69) is 0 Å². The van der Waals surface area contributed by atoms with Crippen molar-refractivity contribution < 1.29 is 46.1 Å². The first-order valence-electron chi connectivity index (χ1n) is 11.7. The second kappa shape index (κ2) is 12.9. The van der Waals surface area contributed by atoms with Gasteiger partial charge < -0.3 is 19.7 Å². The summed E-state index contributed by atoms with van der Waals surface area (Å²) in [6.07, 6.45) is 0. The van der Waals surface area contributed by atoms with E-state index < -0.39 is 45.1 Å². The van der Waals surface area contributed by atoms with Crippen LogP contribution in [0.5, 0.6) is 11.5 Å². The molecule has 214 valence electrons. The van der Waals surface area contributed by atoms with E-state index in [4.69, 9.17) is 9.47 Å². The summed E-state index contributed by atoms with van der Waals surface area (Å²) in [5.74, 6) is -1.89. The van der Waals surface area contributed by atoms with E-state index in [1.54, 1.807) is 18.2 Å². The van der Waals surface area contributed by atoms with Crippen LogP contribution in [0.15, 0.2) is 82.6 Å². The summed E-state index contributed by atoms with van der Waals surface area (Å²) in [6, 6.07) is 17.1. The number of rotatable bonds is 14. The molecule has 2 N–H and O–H groups in total. The van der Waals surface area contributed by atoms with E-state index in [9.17, 15) is 36.6 Å². The summed E-state index contributed by atoms with van der Waals surface area (Å²) in [4.78, 5) is 22.8. The van der Waals surface area contributed by atoms with Crippen LogP contribution in [0.3, 0.4) is 0 Å².